The number of hydrogen-bond donors (Lipinski definition) is 3. The van der Waals surface area contributed by atoms with Crippen LogP contribution in [-0.4, -0.2) is 53.0 Å². The second-order valence-electron chi connectivity index (χ2n) is 7.24. The lowest BCUT2D eigenvalue weighted by Gasteiger charge is -2.30. The molecule has 0 bridgehead atoms. The number of carbonyl (C=O) groups is 2. The molecule has 0 radical (unpaired) electrons. The van der Waals surface area contributed by atoms with Crippen LogP contribution >= 0.6 is 0 Å². The van der Waals surface area contributed by atoms with Gasteiger partial charge in [0.2, 0.25) is 0 Å². The third kappa shape index (κ3) is 4.07. The van der Waals surface area contributed by atoms with Gasteiger partial charge in [0.15, 0.2) is 0 Å². The summed E-state index contributed by atoms with van der Waals surface area (Å²) in [5.41, 5.74) is 5.11. The van der Waals surface area contributed by atoms with Crippen molar-refractivity contribution >= 4 is 17.7 Å². The highest BCUT2D eigenvalue weighted by atomic mass is 19.3. The Morgan fingerprint density at radius 1 is 1.29 bits per heavy atom. The Kier molecular flexibility index (Phi) is 5.53. The molecule has 1 aromatic rings. The Labute approximate surface area is 158 Å². The number of benzene rings is 1. The van der Waals surface area contributed by atoms with Gasteiger partial charge in [0.1, 0.15) is 11.9 Å². The molecule has 1 aliphatic heterocycles. The fourth-order valence-electron chi connectivity index (χ4n) is 3.65. The van der Waals surface area contributed by atoms with Crippen LogP contribution < -0.4 is 10.6 Å². The van der Waals surface area contributed by atoms with Crippen molar-refractivity contribution in [2.75, 3.05) is 11.4 Å². The standard InChI is InChI=1S/C18H21F3N2O5/c19-13-6-10(2-3-12(13)9-1-4-14(24)15(25)5-9)23-8-11(28-17(23)27)7-18(20,21)16(22)26/h2-3,6,9,11,14-15,24-25H,1,4-5,7-8H2,(H2,22,26). The fourth-order valence-corrected chi connectivity index (χ4v) is 3.65. The van der Waals surface area contributed by atoms with Gasteiger partial charge in [-0.05, 0) is 42.9 Å². The van der Waals surface area contributed by atoms with E-state index in [9.17, 15) is 33.0 Å². The highest BCUT2D eigenvalue weighted by molar-refractivity contribution is 5.90. The average molecular weight is 402 g/mol. The number of hydrogen-bond acceptors (Lipinski definition) is 5. The molecule has 1 aliphatic carbocycles. The van der Waals surface area contributed by atoms with E-state index in [-0.39, 0.29) is 24.6 Å². The second-order valence-corrected chi connectivity index (χ2v) is 7.24. The molecule has 4 N–H and O–H groups in total. The van der Waals surface area contributed by atoms with Gasteiger partial charge in [-0.2, -0.15) is 8.78 Å². The predicted octanol–water partition coefficient (Wildman–Crippen LogP) is 1.65. The summed E-state index contributed by atoms with van der Waals surface area (Å²) in [6, 6.07) is 4.03. The zero-order valence-electron chi connectivity index (χ0n) is 14.9. The second kappa shape index (κ2) is 7.59. The average Bonchev–Trinajstić information content (AvgIpc) is 2.96. The predicted molar refractivity (Wildman–Crippen MR) is 91.4 cm³/mol. The number of ether oxygens (including phenoxy) is 1. The van der Waals surface area contributed by atoms with Crippen molar-refractivity contribution in [1.29, 1.82) is 0 Å². The molecule has 7 nitrogen and oxygen atoms in total. The van der Waals surface area contributed by atoms with Gasteiger partial charge in [-0.1, -0.05) is 6.07 Å². The number of amides is 2. The van der Waals surface area contributed by atoms with E-state index in [2.05, 4.69) is 5.73 Å². The van der Waals surface area contributed by atoms with Crippen molar-refractivity contribution in [3.05, 3.63) is 29.6 Å². The van der Waals surface area contributed by atoms with Crippen LogP contribution in [0.5, 0.6) is 0 Å². The molecule has 1 saturated carbocycles. The van der Waals surface area contributed by atoms with Gasteiger partial charge in [0, 0.05) is 0 Å². The van der Waals surface area contributed by atoms with Gasteiger partial charge in [-0.25, -0.2) is 9.18 Å². The Morgan fingerprint density at radius 3 is 2.61 bits per heavy atom. The molecule has 4 atom stereocenters. The molecule has 2 aliphatic rings. The summed E-state index contributed by atoms with van der Waals surface area (Å²) in [6.07, 6.45) is -3.92. The Balaban J connectivity index is 1.72. The first-order chi connectivity index (χ1) is 13.1. The van der Waals surface area contributed by atoms with Crippen molar-refractivity contribution in [3.63, 3.8) is 0 Å². The van der Waals surface area contributed by atoms with Crippen LogP contribution in [0.4, 0.5) is 23.7 Å². The van der Waals surface area contributed by atoms with E-state index in [1.165, 1.54) is 12.1 Å². The molecule has 1 saturated heterocycles. The number of primary amides is 1. The quantitative estimate of drug-likeness (QED) is 0.693. The minimum atomic E-state index is -3.82. The first kappa shape index (κ1) is 20.4. The zero-order chi connectivity index (χ0) is 20.6. The summed E-state index contributed by atoms with van der Waals surface area (Å²) in [6.45, 7) is -0.269. The van der Waals surface area contributed by atoms with Gasteiger partial charge in [0.05, 0.1) is 30.9 Å². The van der Waals surface area contributed by atoms with Gasteiger partial charge in [-0.15, -0.1) is 0 Å². The minimum Gasteiger partial charge on any atom is -0.444 e. The number of aliphatic hydroxyl groups is 2. The van der Waals surface area contributed by atoms with Crippen molar-refractivity contribution in [2.24, 2.45) is 5.73 Å². The van der Waals surface area contributed by atoms with E-state index in [1.54, 1.807) is 0 Å². The number of anilines is 1. The lowest BCUT2D eigenvalue weighted by Crippen LogP contribution is -2.39. The molecule has 28 heavy (non-hydrogen) atoms. The summed E-state index contributed by atoms with van der Waals surface area (Å²) >= 11 is 0. The Morgan fingerprint density at radius 2 is 2.00 bits per heavy atom. The van der Waals surface area contributed by atoms with Crippen molar-refractivity contribution in [2.45, 2.75) is 55.8 Å². The summed E-state index contributed by atoms with van der Waals surface area (Å²) < 4.78 is 46.4. The topological polar surface area (TPSA) is 113 Å². The van der Waals surface area contributed by atoms with Gasteiger partial charge < -0.3 is 20.7 Å². The zero-order valence-corrected chi connectivity index (χ0v) is 14.9. The number of nitrogens with two attached hydrogens (primary N) is 1. The van der Waals surface area contributed by atoms with E-state index in [0.29, 0.717) is 18.4 Å². The summed E-state index contributed by atoms with van der Waals surface area (Å²) in [4.78, 5) is 23.7. The maximum Gasteiger partial charge on any atom is 0.414 e. The highest BCUT2D eigenvalue weighted by Crippen LogP contribution is 2.36. The van der Waals surface area contributed by atoms with E-state index in [0.717, 1.165) is 11.0 Å². The largest absolute Gasteiger partial charge is 0.444 e. The highest BCUT2D eigenvalue weighted by Gasteiger charge is 2.44. The van der Waals surface area contributed by atoms with E-state index in [1.807, 2.05) is 0 Å². The normalized spacial score (nSPS) is 28.3. The van der Waals surface area contributed by atoms with Crippen LogP contribution in [-0.2, 0) is 9.53 Å². The van der Waals surface area contributed by atoms with Gasteiger partial charge >= 0.3 is 12.0 Å². The maximum absolute atomic E-state index is 14.6. The fraction of sp³-hybridized carbons (Fsp3) is 0.556. The van der Waals surface area contributed by atoms with Crippen LogP contribution in [0.2, 0.25) is 0 Å². The van der Waals surface area contributed by atoms with Crippen LogP contribution in [0.1, 0.15) is 37.2 Å². The third-order valence-corrected chi connectivity index (χ3v) is 5.24. The Bertz CT molecular complexity index is 776. The molecule has 0 spiro atoms. The summed E-state index contributed by atoms with van der Waals surface area (Å²) in [7, 11) is 0. The number of halogens is 3. The number of rotatable bonds is 5. The number of nitrogens with zero attached hydrogens (tertiary/aromatic N) is 1. The molecule has 0 aromatic heterocycles. The van der Waals surface area contributed by atoms with Crippen LogP contribution in [0.3, 0.4) is 0 Å². The molecule has 4 unspecified atom stereocenters. The monoisotopic (exact) mass is 402 g/mol. The minimum absolute atomic E-state index is 0.132. The van der Waals surface area contributed by atoms with Crippen molar-refractivity contribution in [3.8, 4) is 0 Å². The summed E-state index contributed by atoms with van der Waals surface area (Å²) in [5, 5.41) is 19.4. The number of aliphatic hydroxyl groups excluding tert-OH is 2. The lowest BCUT2D eigenvalue weighted by molar-refractivity contribution is -0.145. The molecule has 3 rings (SSSR count). The Hall–Kier alpha value is -2.33. The van der Waals surface area contributed by atoms with E-state index >= 15 is 0 Å². The van der Waals surface area contributed by atoms with Crippen molar-refractivity contribution in [1.82, 2.24) is 0 Å². The van der Waals surface area contributed by atoms with Crippen LogP contribution in [0.15, 0.2) is 18.2 Å². The molecule has 1 aromatic carbocycles. The lowest BCUT2D eigenvalue weighted by atomic mass is 9.81. The van der Waals surface area contributed by atoms with Crippen LogP contribution in [0, 0.1) is 5.82 Å². The summed E-state index contributed by atoms with van der Waals surface area (Å²) in [5.74, 6) is -6.51. The molecule has 2 fully saturated rings. The van der Waals surface area contributed by atoms with Gasteiger partial charge in [0.25, 0.3) is 5.91 Å². The smallest absolute Gasteiger partial charge is 0.414 e. The maximum atomic E-state index is 14.6. The van der Waals surface area contributed by atoms with Crippen molar-refractivity contribution < 1.29 is 37.7 Å². The molecular formula is C18H21F3N2O5. The molecule has 154 valence electrons. The van der Waals surface area contributed by atoms with E-state index in [4.69, 9.17) is 4.74 Å². The van der Waals surface area contributed by atoms with Crippen LogP contribution in [0.25, 0.3) is 0 Å². The SMILES string of the molecule is NC(=O)C(F)(F)CC1CN(c2ccc(C3CCC(O)C(O)C3)c(F)c2)C(=O)O1. The van der Waals surface area contributed by atoms with Gasteiger partial charge in [-0.3, -0.25) is 9.69 Å². The molecular weight excluding hydrogens is 381 g/mol. The number of alkyl halides is 2. The molecule has 2 amide bonds. The first-order valence-corrected chi connectivity index (χ1v) is 8.90. The molecule has 1 heterocycles. The number of cyclic esters (lactones) is 1. The third-order valence-electron chi connectivity index (χ3n) is 5.24. The van der Waals surface area contributed by atoms with E-state index < -0.39 is 48.5 Å². The number of carbonyl (C=O) groups excluding carboxylic acids is 2. The first-order valence-electron chi connectivity index (χ1n) is 8.90. The molecule has 10 heteroatoms.